The lowest BCUT2D eigenvalue weighted by atomic mass is 10.1. The van der Waals surface area contributed by atoms with E-state index < -0.39 is 4.92 Å². The summed E-state index contributed by atoms with van der Waals surface area (Å²) in [5.41, 5.74) is 2.40. The topological polar surface area (TPSA) is 112 Å². The van der Waals surface area contributed by atoms with Crippen molar-refractivity contribution in [2.24, 2.45) is 0 Å². The lowest BCUT2D eigenvalue weighted by Crippen LogP contribution is -2.15. The van der Waals surface area contributed by atoms with E-state index in [1.54, 1.807) is 12.1 Å². The number of ether oxygens (including phenoxy) is 1. The van der Waals surface area contributed by atoms with Gasteiger partial charge in [0.1, 0.15) is 12.4 Å². The third-order valence-corrected chi connectivity index (χ3v) is 5.45. The second-order valence-corrected chi connectivity index (χ2v) is 7.94. The first-order chi connectivity index (χ1) is 15.4. The normalized spacial score (nSPS) is 10.6. The van der Waals surface area contributed by atoms with Gasteiger partial charge in [-0.2, -0.15) is 0 Å². The molecule has 3 aromatic rings. The summed E-state index contributed by atoms with van der Waals surface area (Å²) < 4.78 is 7.77. The van der Waals surface area contributed by atoms with Gasteiger partial charge in [0.25, 0.3) is 5.69 Å². The molecule has 3 rings (SSSR count). The number of aryl methyl sites for hydroxylation is 2. The fourth-order valence-electron chi connectivity index (χ4n) is 2.87. The number of benzene rings is 2. The molecular weight excluding hydrogens is 430 g/mol. The van der Waals surface area contributed by atoms with Gasteiger partial charge in [-0.05, 0) is 37.1 Å². The first kappa shape index (κ1) is 23.0. The number of hydrogen-bond donors (Lipinski definition) is 1. The van der Waals surface area contributed by atoms with Crippen LogP contribution in [0.15, 0.2) is 60.3 Å². The van der Waals surface area contributed by atoms with Gasteiger partial charge < -0.3 is 10.1 Å². The lowest BCUT2D eigenvalue weighted by molar-refractivity contribution is -0.384. The zero-order valence-electron chi connectivity index (χ0n) is 17.8. The van der Waals surface area contributed by atoms with E-state index in [0.29, 0.717) is 23.2 Å². The molecule has 0 aliphatic rings. The average molecular weight is 454 g/mol. The minimum atomic E-state index is -0.510. The zero-order valence-corrected chi connectivity index (χ0v) is 18.6. The molecular formula is C22H23N5O4S. The van der Waals surface area contributed by atoms with Gasteiger partial charge in [-0.25, -0.2) is 0 Å². The predicted molar refractivity (Wildman–Crippen MR) is 123 cm³/mol. The van der Waals surface area contributed by atoms with Gasteiger partial charge in [0.15, 0.2) is 11.0 Å². The minimum Gasteiger partial charge on any atom is -0.485 e. The van der Waals surface area contributed by atoms with Gasteiger partial charge in [-0.15, -0.1) is 16.8 Å². The Kier molecular flexibility index (Phi) is 7.61. The van der Waals surface area contributed by atoms with E-state index in [9.17, 15) is 14.9 Å². The van der Waals surface area contributed by atoms with Crippen molar-refractivity contribution in [3.05, 3.63) is 82.2 Å². The van der Waals surface area contributed by atoms with Crippen LogP contribution in [0.25, 0.3) is 0 Å². The molecule has 1 heterocycles. The van der Waals surface area contributed by atoms with Crippen molar-refractivity contribution in [1.82, 2.24) is 14.8 Å². The van der Waals surface area contributed by atoms with Crippen LogP contribution in [0.2, 0.25) is 0 Å². The summed E-state index contributed by atoms with van der Waals surface area (Å²) in [6, 6.07) is 11.8. The number of non-ortho nitro benzene ring substituents is 1. The summed E-state index contributed by atoms with van der Waals surface area (Å²) in [5, 5.41) is 22.5. The first-order valence-corrected chi connectivity index (χ1v) is 10.8. The van der Waals surface area contributed by atoms with Gasteiger partial charge in [0, 0.05) is 24.4 Å². The highest BCUT2D eigenvalue weighted by molar-refractivity contribution is 7.99. The van der Waals surface area contributed by atoms with Crippen LogP contribution in [0.5, 0.6) is 5.75 Å². The second kappa shape index (κ2) is 10.6. The molecule has 0 fully saturated rings. The van der Waals surface area contributed by atoms with Gasteiger partial charge >= 0.3 is 0 Å². The highest BCUT2D eigenvalue weighted by atomic mass is 32.2. The number of allylic oxidation sites excluding steroid dienone is 1. The van der Waals surface area contributed by atoms with E-state index in [1.165, 1.54) is 30.0 Å². The Morgan fingerprint density at radius 3 is 2.84 bits per heavy atom. The van der Waals surface area contributed by atoms with E-state index >= 15 is 0 Å². The summed E-state index contributed by atoms with van der Waals surface area (Å²) in [5.74, 6) is 1.16. The number of aromatic nitrogens is 3. The number of carbonyl (C=O) groups excluding carboxylic acids is 1. The van der Waals surface area contributed by atoms with Crippen molar-refractivity contribution in [1.29, 1.82) is 0 Å². The zero-order chi connectivity index (χ0) is 23.1. The highest BCUT2D eigenvalue weighted by Crippen LogP contribution is 2.23. The third kappa shape index (κ3) is 5.94. The average Bonchev–Trinajstić information content (AvgIpc) is 3.15. The molecule has 0 atom stereocenters. The second-order valence-electron chi connectivity index (χ2n) is 7.00. The molecule has 1 N–H and O–H groups in total. The van der Waals surface area contributed by atoms with Crippen LogP contribution in [0, 0.1) is 24.0 Å². The number of rotatable bonds is 10. The van der Waals surface area contributed by atoms with E-state index in [2.05, 4.69) is 22.1 Å². The Bertz CT molecular complexity index is 1150. The minimum absolute atomic E-state index is 0.0653. The third-order valence-electron chi connectivity index (χ3n) is 4.48. The largest absolute Gasteiger partial charge is 0.485 e. The maximum atomic E-state index is 12.3. The number of amides is 1. The lowest BCUT2D eigenvalue weighted by Gasteiger charge is -2.11. The molecule has 10 heteroatoms. The Hall–Kier alpha value is -3.66. The van der Waals surface area contributed by atoms with Crippen molar-refractivity contribution in [2.75, 3.05) is 11.1 Å². The Morgan fingerprint density at radius 1 is 1.28 bits per heavy atom. The maximum Gasteiger partial charge on any atom is 0.271 e. The van der Waals surface area contributed by atoms with Crippen molar-refractivity contribution in [3.8, 4) is 5.75 Å². The van der Waals surface area contributed by atoms with E-state index in [1.807, 2.05) is 36.6 Å². The van der Waals surface area contributed by atoms with Gasteiger partial charge in [0.2, 0.25) is 5.91 Å². The van der Waals surface area contributed by atoms with Crippen LogP contribution in [0.3, 0.4) is 0 Å². The summed E-state index contributed by atoms with van der Waals surface area (Å²) in [4.78, 5) is 22.7. The van der Waals surface area contributed by atoms with E-state index in [4.69, 9.17) is 4.74 Å². The quantitative estimate of drug-likeness (QED) is 0.211. The van der Waals surface area contributed by atoms with Crippen LogP contribution in [-0.2, 0) is 17.9 Å². The Labute approximate surface area is 189 Å². The number of hydrogen-bond acceptors (Lipinski definition) is 7. The van der Waals surface area contributed by atoms with Crippen molar-refractivity contribution < 1.29 is 14.5 Å². The van der Waals surface area contributed by atoms with E-state index in [0.717, 1.165) is 16.9 Å². The number of nitro benzene ring substituents is 1. The number of thioether (sulfide) groups is 1. The van der Waals surface area contributed by atoms with Crippen LogP contribution < -0.4 is 10.1 Å². The molecule has 166 valence electrons. The standard InChI is InChI=1S/C22H23N5O4S/c1-4-10-26-20(13-31-19-11-15(2)8-9-16(19)3)24-25-22(26)32-14-21(28)23-17-6-5-7-18(12-17)27(29)30/h4-9,11-12H,1,10,13-14H2,2-3H3,(H,23,28). The van der Waals surface area contributed by atoms with Crippen molar-refractivity contribution in [2.45, 2.75) is 32.2 Å². The summed E-state index contributed by atoms with van der Waals surface area (Å²) >= 11 is 1.21. The Morgan fingerprint density at radius 2 is 2.09 bits per heavy atom. The molecule has 0 saturated carbocycles. The summed E-state index contributed by atoms with van der Waals surface area (Å²) in [6.45, 7) is 8.44. The van der Waals surface area contributed by atoms with Crippen molar-refractivity contribution >= 4 is 29.0 Å². The molecule has 2 aromatic carbocycles. The van der Waals surface area contributed by atoms with Gasteiger partial charge in [-0.3, -0.25) is 19.5 Å². The molecule has 32 heavy (non-hydrogen) atoms. The van der Waals surface area contributed by atoms with Crippen LogP contribution in [-0.4, -0.2) is 31.3 Å². The number of anilines is 1. The predicted octanol–water partition coefficient (Wildman–Crippen LogP) is 4.30. The number of nitro groups is 1. The maximum absolute atomic E-state index is 12.3. The molecule has 0 unspecified atom stereocenters. The van der Waals surface area contributed by atoms with Gasteiger partial charge in [-0.1, -0.05) is 36.0 Å². The molecule has 9 nitrogen and oxygen atoms in total. The molecule has 0 spiro atoms. The first-order valence-electron chi connectivity index (χ1n) is 9.77. The Balaban J connectivity index is 1.64. The van der Waals surface area contributed by atoms with Crippen LogP contribution in [0.1, 0.15) is 17.0 Å². The monoisotopic (exact) mass is 453 g/mol. The molecule has 1 aromatic heterocycles. The number of nitrogens with one attached hydrogen (secondary N) is 1. The fraction of sp³-hybridized carbons (Fsp3) is 0.227. The van der Waals surface area contributed by atoms with Crippen molar-refractivity contribution in [3.63, 3.8) is 0 Å². The molecule has 0 bridgehead atoms. The van der Waals surface area contributed by atoms with Crippen LogP contribution in [0.4, 0.5) is 11.4 Å². The smallest absolute Gasteiger partial charge is 0.271 e. The molecule has 1 amide bonds. The number of nitrogens with zero attached hydrogens (tertiary/aromatic N) is 4. The summed E-state index contributed by atoms with van der Waals surface area (Å²) in [6.07, 6.45) is 1.72. The molecule has 0 aliphatic heterocycles. The van der Waals surface area contributed by atoms with Crippen LogP contribution >= 0.6 is 11.8 Å². The SMILES string of the molecule is C=CCn1c(COc2cc(C)ccc2C)nnc1SCC(=O)Nc1cccc([N+](=O)[O-])c1. The number of carbonyl (C=O) groups is 1. The summed E-state index contributed by atoms with van der Waals surface area (Å²) in [7, 11) is 0. The van der Waals surface area contributed by atoms with Gasteiger partial charge in [0.05, 0.1) is 10.7 Å². The molecule has 0 radical (unpaired) electrons. The fourth-order valence-corrected chi connectivity index (χ4v) is 3.64. The molecule has 0 saturated heterocycles. The van der Waals surface area contributed by atoms with E-state index in [-0.39, 0.29) is 24.0 Å². The molecule has 0 aliphatic carbocycles. The highest BCUT2D eigenvalue weighted by Gasteiger charge is 2.15.